The van der Waals surface area contributed by atoms with Crippen molar-refractivity contribution in [1.82, 2.24) is 9.55 Å². The van der Waals surface area contributed by atoms with Gasteiger partial charge in [-0.25, -0.2) is 9.83 Å². The van der Waals surface area contributed by atoms with Crippen LogP contribution < -0.4 is 14.5 Å². The molecule has 1 unspecified atom stereocenters. The Hall–Kier alpha value is -9.27. The van der Waals surface area contributed by atoms with Gasteiger partial charge in [0.2, 0.25) is 0 Å². The Morgan fingerprint density at radius 1 is 0.532 bits per heavy atom. The molecular formula is C72H50N5OPt-3. The maximum absolute atomic E-state index is 8.06. The Morgan fingerprint density at radius 2 is 1.16 bits per heavy atom. The summed E-state index contributed by atoms with van der Waals surface area (Å²) >= 11 is 0. The summed E-state index contributed by atoms with van der Waals surface area (Å²) in [5.74, 6) is 1.85. The van der Waals surface area contributed by atoms with E-state index in [2.05, 4.69) is 271 Å². The molecule has 1 atom stereocenters. The Kier molecular flexibility index (Phi) is 12.3. The van der Waals surface area contributed by atoms with Crippen molar-refractivity contribution in [3.8, 4) is 50.7 Å². The molecule has 0 N–H and O–H groups in total. The molecular weight excluding hydrogens is 1150 g/mol. The minimum atomic E-state index is -0.723. The first-order chi connectivity index (χ1) is 38.3. The second-order valence-electron chi connectivity index (χ2n) is 21.1. The Bertz CT molecular complexity index is 4290. The number of aromatic nitrogens is 2. The number of anilines is 4. The van der Waals surface area contributed by atoms with Gasteiger partial charge in [-0.05, 0) is 103 Å². The molecule has 0 radical (unpaired) electrons. The summed E-state index contributed by atoms with van der Waals surface area (Å²) < 4.78 is 9.03. The monoisotopic (exact) mass is 1200 g/mol. The smallest absolute Gasteiger partial charge is 0.187 e. The van der Waals surface area contributed by atoms with E-state index in [1.165, 1.54) is 11.1 Å². The molecule has 1 aliphatic carbocycles. The van der Waals surface area contributed by atoms with Crippen LogP contribution in [-0.2, 0) is 31.9 Å². The molecule has 3 heterocycles. The zero-order chi connectivity index (χ0) is 52.5. The van der Waals surface area contributed by atoms with E-state index in [0.29, 0.717) is 17.2 Å². The third-order valence-electron chi connectivity index (χ3n) is 15.6. The Labute approximate surface area is 475 Å². The third kappa shape index (κ3) is 8.15. The van der Waals surface area contributed by atoms with Crippen molar-refractivity contribution >= 4 is 50.2 Å². The van der Waals surface area contributed by atoms with Crippen molar-refractivity contribution in [2.75, 3.05) is 9.80 Å². The van der Waals surface area contributed by atoms with Crippen LogP contribution in [0, 0.1) is 25.4 Å². The number of benzene rings is 10. The van der Waals surface area contributed by atoms with E-state index in [-0.39, 0.29) is 26.5 Å². The first kappa shape index (κ1) is 49.3. The van der Waals surface area contributed by atoms with Gasteiger partial charge in [0.15, 0.2) is 5.69 Å². The van der Waals surface area contributed by atoms with Crippen LogP contribution in [0.3, 0.4) is 0 Å². The second-order valence-corrected chi connectivity index (χ2v) is 21.1. The number of ether oxygens (including phenoxy) is 1. The summed E-state index contributed by atoms with van der Waals surface area (Å²) in [6, 6.07) is 90.5. The van der Waals surface area contributed by atoms with E-state index in [1.807, 2.05) is 30.5 Å². The molecule has 14 rings (SSSR count). The molecule has 0 amide bonds. The van der Waals surface area contributed by atoms with Crippen molar-refractivity contribution < 1.29 is 25.8 Å². The minimum Gasteiger partial charge on any atom is -0.509 e. The number of hydrogen-bond acceptors (Lipinski definition) is 4. The molecule has 382 valence electrons. The van der Waals surface area contributed by atoms with Crippen molar-refractivity contribution in [2.24, 2.45) is 0 Å². The van der Waals surface area contributed by atoms with Crippen LogP contribution in [0.25, 0.3) is 65.8 Å². The number of hydrogen-bond donors (Lipinski definition) is 0. The van der Waals surface area contributed by atoms with E-state index < -0.39 is 5.41 Å². The maximum atomic E-state index is 8.06. The largest absolute Gasteiger partial charge is 0.509 e. The van der Waals surface area contributed by atoms with Gasteiger partial charge in [-0.1, -0.05) is 190 Å². The summed E-state index contributed by atoms with van der Waals surface area (Å²) in [4.78, 5) is 13.6. The molecule has 2 aromatic heterocycles. The van der Waals surface area contributed by atoms with Crippen LogP contribution in [0.1, 0.15) is 48.6 Å². The summed E-state index contributed by atoms with van der Waals surface area (Å²) in [7, 11) is 0. The van der Waals surface area contributed by atoms with E-state index in [0.717, 1.165) is 100 Å². The van der Waals surface area contributed by atoms with E-state index in [4.69, 9.17) is 16.3 Å². The van der Waals surface area contributed by atoms with E-state index in [9.17, 15) is 0 Å². The predicted octanol–water partition coefficient (Wildman–Crippen LogP) is 18.5. The fourth-order valence-electron chi connectivity index (χ4n) is 12.0. The summed E-state index contributed by atoms with van der Waals surface area (Å²) in [6.07, 6.45) is 1.91. The van der Waals surface area contributed by atoms with Gasteiger partial charge in [0, 0.05) is 72.5 Å². The first-order valence-corrected chi connectivity index (χ1v) is 26.4. The van der Waals surface area contributed by atoms with Gasteiger partial charge in [-0.3, -0.25) is 0 Å². The molecule has 1 aliphatic heterocycles. The average molecular weight is 1200 g/mol. The van der Waals surface area contributed by atoms with Crippen LogP contribution in [0.4, 0.5) is 28.4 Å². The zero-order valence-electron chi connectivity index (χ0n) is 43.6. The molecule has 2 aliphatic rings. The topological polar surface area (TPSA) is 37.9 Å². The molecule has 12 aromatic rings. The molecule has 0 fully saturated rings. The maximum Gasteiger partial charge on any atom is 0.187 e. The van der Waals surface area contributed by atoms with Gasteiger partial charge in [0.05, 0.1) is 12.0 Å². The SMILES string of the molecule is [C-]#[N+]c1ccc2c(c1)C(c1ccccc1)(c1ccnc(-n3c4[c-]c(Oc5[c-]c(N6[CH-]N(c7c(-c8ccccc8)cc(C(C)(C)C)cc7-c7ccccc7)c7ccccc76)ccc5)ccc4c4ccccc43)c1)c1ccccc1-2.[Pt]. The number of fused-ring (bicyclic) bond motifs is 7. The van der Waals surface area contributed by atoms with Gasteiger partial charge >= 0.3 is 0 Å². The number of pyridine rings is 1. The van der Waals surface area contributed by atoms with Gasteiger partial charge in [0.25, 0.3) is 0 Å². The molecule has 79 heavy (non-hydrogen) atoms. The van der Waals surface area contributed by atoms with E-state index >= 15 is 0 Å². The molecule has 0 saturated heterocycles. The molecule has 0 bridgehead atoms. The standard InChI is InChI=1S/C72H50N5O.Pt/c1-71(2,3)52-41-61(48-21-8-5-9-22-48)70(62(42-52)49-23-10-6-11-24-49)76-47-75(66-33-18-19-34-67(66)76)54-27-20-28-55(45-54)78-56-36-38-60-59-30-15-17-32-65(59)77(68(60)46-56)69-43-51(39-40-74-69)72(50-25-12-7-13-26-50)63-31-16-14-29-57(63)58-37-35-53(73-4)44-64(58)72;/h5-44,47H,1-3H3;/q-3;. The first-order valence-electron chi connectivity index (χ1n) is 26.4. The van der Waals surface area contributed by atoms with Crippen LogP contribution in [0.5, 0.6) is 11.5 Å². The zero-order valence-corrected chi connectivity index (χ0v) is 45.9. The number of rotatable bonds is 9. The van der Waals surface area contributed by atoms with Crippen molar-refractivity contribution in [1.29, 1.82) is 0 Å². The fourth-order valence-corrected chi connectivity index (χ4v) is 12.0. The van der Waals surface area contributed by atoms with Crippen molar-refractivity contribution in [2.45, 2.75) is 31.6 Å². The molecule has 7 heteroatoms. The van der Waals surface area contributed by atoms with Crippen LogP contribution in [0.15, 0.2) is 243 Å². The van der Waals surface area contributed by atoms with Crippen LogP contribution in [0.2, 0.25) is 0 Å². The Morgan fingerprint density at radius 3 is 1.89 bits per heavy atom. The summed E-state index contributed by atoms with van der Waals surface area (Å²) in [5, 5.41) is 2.11. The van der Waals surface area contributed by atoms with Crippen molar-refractivity contribution in [3.05, 3.63) is 301 Å². The normalized spacial score (nSPS) is 14.4. The van der Waals surface area contributed by atoms with Gasteiger partial charge in [-0.15, -0.1) is 48.1 Å². The predicted molar refractivity (Wildman–Crippen MR) is 317 cm³/mol. The third-order valence-corrected chi connectivity index (χ3v) is 15.6. The Balaban J connectivity index is 0.00000591. The van der Waals surface area contributed by atoms with Crippen molar-refractivity contribution in [3.63, 3.8) is 0 Å². The number of para-hydroxylation sites is 3. The molecule has 0 saturated carbocycles. The molecule has 6 nitrogen and oxygen atoms in total. The van der Waals surface area contributed by atoms with Crippen LogP contribution >= 0.6 is 0 Å². The van der Waals surface area contributed by atoms with Gasteiger partial charge in [-0.2, -0.15) is 12.1 Å². The quantitative estimate of drug-likeness (QED) is 0.135. The minimum absolute atomic E-state index is 0. The summed E-state index contributed by atoms with van der Waals surface area (Å²) in [5.41, 5.74) is 18.2. The molecule has 10 aromatic carbocycles. The second kappa shape index (κ2) is 19.6. The van der Waals surface area contributed by atoms with Gasteiger partial charge < -0.3 is 19.1 Å². The van der Waals surface area contributed by atoms with Gasteiger partial charge in [0.1, 0.15) is 5.82 Å². The molecule has 0 spiro atoms. The summed E-state index contributed by atoms with van der Waals surface area (Å²) in [6.45, 7) is 17.1. The average Bonchev–Trinajstić information content (AvgIpc) is 3.23. The fraction of sp³-hybridized carbons (Fsp3) is 0.0694. The van der Waals surface area contributed by atoms with E-state index in [1.54, 1.807) is 0 Å². The number of nitrogens with zero attached hydrogens (tertiary/aromatic N) is 5. The van der Waals surface area contributed by atoms with Crippen LogP contribution in [-0.4, -0.2) is 9.55 Å².